The third-order valence-corrected chi connectivity index (χ3v) is 2.61. The highest BCUT2D eigenvalue weighted by Gasteiger charge is 2.04. The van der Waals surface area contributed by atoms with Gasteiger partial charge < -0.3 is 9.88 Å². The summed E-state index contributed by atoms with van der Waals surface area (Å²) in [5, 5.41) is 7.46. The minimum atomic E-state index is 0.817. The molecule has 5 nitrogen and oxygen atoms in total. The van der Waals surface area contributed by atoms with E-state index in [0.29, 0.717) is 0 Å². The molecule has 0 bridgehead atoms. The summed E-state index contributed by atoms with van der Waals surface area (Å²) in [6.45, 7) is 4.74. The molecule has 0 spiro atoms. The van der Waals surface area contributed by atoms with Gasteiger partial charge in [0.25, 0.3) is 0 Å². The van der Waals surface area contributed by atoms with E-state index in [1.165, 1.54) is 11.4 Å². The predicted molar refractivity (Wildman–Crippen MR) is 61.9 cm³/mol. The van der Waals surface area contributed by atoms with E-state index in [1.807, 2.05) is 36.5 Å². The van der Waals surface area contributed by atoms with Crippen LogP contribution in [0.25, 0.3) is 0 Å². The minimum Gasteiger partial charge on any atom is -0.327 e. The van der Waals surface area contributed by atoms with Crippen LogP contribution in [-0.4, -0.2) is 25.9 Å². The van der Waals surface area contributed by atoms with Crippen LogP contribution in [0.3, 0.4) is 0 Å². The number of aromatic nitrogens is 4. The summed E-state index contributed by atoms with van der Waals surface area (Å²) in [6.07, 6.45) is 5.58. The number of nitrogens with zero attached hydrogens (tertiary/aromatic N) is 4. The summed E-state index contributed by atoms with van der Waals surface area (Å²) < 4.78 is 4.02. The Morgan fingerprint density at radius 1 is 1.38 bits per heavy atom. The SMILES string of the molecule is CCNCc1cncn1Cc1ccnn1C. The lowest BCUT2D eigenvalue weighted by atomic mass is 10.4. The molecule has 86 valence electrons. The molecule has 0 amide bonds. The topological polar surface area (TPSA) is 47.7 Å². The average Bonchev–Trinajstić information content (AvgIpc) is 2.87. The molecule has 0 aromatic carbocycles. The molecule has 0 unspecified atom stereocenters. The predicted octanol–water partition coefficient (Wildman–Crippen LogP) is 0.774. The van der Waals surface area contributed by atoms with E-state index in [-0.39, 0.29) is 0 Å². The third-order valence-electron chi connectivity index (χ3n) is 2.61. The molecular formula is C11H17N5. The lowest BCUT2D eigenvalue weighted by molar-refractivity contribution is 0.622. The molecule has 0 aliphatic carbocycles. The molecule has 0 saturated heterocycles. The summed E-state index contributed by atoms with van der Waals surface area (Å²) in [6, 6.07) is 2.02. The highest BCUT2D eigenvalue weighted by Crippen LogP contribution is 2.05. The van der Waals surface area contributed by atoms with Crippen molar-refractivity contribution in [3.8, 4) is 0 Å². The summed E-state index contributed by atoms with van der Waals surface area (Å²) >= 11 is 0. The van der Waals surface area contributed by atoms with Crippen molar-refractivity contribution in [1.82, 2.24) is 24.6 Å². The van der Waals surface area contributed by atoms with Gasteiger partial charge in [-0.3, -0.25) is 4.68 Å². The molecular weight excluding hydrogens is 202 g/mol. The van der Waals surface area contributed by atoms with Gasteiger partial charge in [-0.25, -0.2) is 4.98 Å². The number of nitrogens with one attached hydrogen (secondary N) is 1. The molecule has 1 N–H and O–H groups in total. The lowest BCUT2D eigenvalue weighted by Gasteiger charge is -2.08. The van der Waals surface area contributed by atoms with Crippen molar-refractivity contribution >= 4 is 0 Å². The van der Waals surface area contributed by atoms with E-state index in [4.69, 9.17) is 0 Å². The lowest BCUT2D eigenvalue weighted by Crippen LogP contribution is -2.16. The van der Waals surface area contributed by atoms with Crippen molar-refractivity contribution < 1.29 is 0 Å². The van der Waals surface area contributed by atoms with E-state index in [1.54, 1.807) is 0 Å². The molecule has 5 heteroatoms. The Morgan fingerprint density at radius 3 is 2.94 bits per heavy atom. The monoisotopic (exact) mass is 219 g/mol. The number of hydrogen-bond acceptors (Lipinski definition) is 3. The zero-order chi connectivity index (χ0) is 11.4. The van der Waals surface area contributed by atoms with Crippen molar-refractivity contribution in [1.29, 1.82) is 0 Å². The number of imidazole rings is 1. The van der Waals surface area contributed by atoms with Crippen LogP contribution in [0.2, 0.25) is 0 Å². The van der Waals surface area contributed by atoms with Crippen molar-refractivity contribution in [2.24, 2.45) is 7.05 Å². The first-order valence-corrected chi connectivity index (χ1v) is 5.48. The van der Waals surface area contributed by atoms with Crippen molar-refractivity contribution in [3.63, 3.8) is 0 Å². The van der Waals surface area contributed by atoms with Crippen LogP contribution < -0.4 is 5.32 Å². The summed E-state index contributed by atoms with van der Waals surface area (Å²) in [4.78, 5) is 4.18. The largest absolute Gasteiger partial charge is 0.327 e. The summed E-state index contributed by atoms with van der Waals surface area (Å²) in [5.41, 5.74) is 2.37. The molecule has 2 aromatic heterocycles. The number of aryl methyl sites for hydroxylation is 1. The van der Waals surface area contributed by atoms with Crippen LogP contribution in [0, 0.1) is 0 Å². The molecule has 2 rings (SSSR count). The maximum absolute atomic E-state index is 4.18. The Kier molecular flexibility index (Phi) is 3.36. The van der Waals surface area contributed by atoms with Crippen LogP contribution in [-0.2, 0) is 20.1 Å². The van der Waals surface area contributed by atoms with E-state index in [2.05, 4.69) is 26.9 Å². The Labute approximate surface area is 95.1 Å². The van der Waals surface area contributed by atoms with Crippen molar-refractivity contribution in [2.75, 3.05) is 6.54 Å². The van der Waals surface area contributed by atoms with Crippen LogP contribution >= 0.6 is 0 Å². The van der Waals surface area contributed by atoms with Crippen LogP contribution in [0.1, 0.15) is 18.3 Å². The first kappa shape index (κ1) is 10.9. The fourth-order valence-corrected chi connectivity index (χ4v) is 1.62. The fourth-order valence-electron chi connectivity index (χ4n) is 1.62. The zero-order valence-corrected chi connectivity index (χ0v) is 9.72. The first-order chi connectivity index (χ1) is 7.81. The van der Waals surface area contributed by atoms with Gasteiger partial charge in [0.2, 0.25) is 0 Å². The van der Waals surface area contributed by atoms with E-state index in [9.17, 15) is 0 Å². The van der Waals surface area contributed by atoms with Crippen molar-refractivity contribution in [2.45, 2.75) is 20.0 Å². The van der Waals surface area contributed by atoms with E-state index < -0.39 is 0 Å². The molecule has 2 aromatic rings. The van der Waals surface area contributed by atoms with Gasteiger partial charge in [-0.05, 0) is 12.6 Å². The normalized spacial score (nSPS) is 10.9. The minimum absolute atomic E-state index is 0.817. The molecule has 0 fully saturated rings. The zero-order valence-electron chi connectivity index (χ0n) is 9.72. The smallest absolute Gasteiger partial charge is 0.0952 e. The molecule has 0 aliphatic rings. The quantitative estimate of drug-likeness (QED) is 0.808. The fraction of sp³-hybridized carbons (Fsp3) is 0.455. The molecule has 0 atom stereocenters. The van der Waals surface area contributed by atoms with Gasteiger partial charge in [0.1, 0.15) is 0 Å². The highest BCUT2D eigenvalue weighted by molar-refractivity contribution is 5.05. The summed E-state index contributed by atoms with van der Waals surface area (Å²) in [7, 11) is 1.95. The van der Waals surface area contributed by atoms with E-state index in [0.717, 1.165) is 19.6 Å². The van der Waals surface area contributed by atoms with Crippen LogP contribution in [0.4, 0.5) is 0 Å². The average molecular weight is 219 g/mol. The first-order valence-electron chi connectivity index (χ1n) is 5.48. The molecule has 0 radical (unpaired) electrons. The molecule has 16 heavy (non-hydrogen) atoms. The van der Waals surface area contributed by atoms with Gasteiger partial charge in [0.15, 0.2) is 0 Å². The second-order valence-electron chi connectivity index (χ2n) is 3.74. The standard InChI is InChI=1S/C11H17N5/c1-3-12-6-11-7-13-9-16(11)8-10-4-5-14-15(10)2/h4-5,7,9,12H,3,6,8H2,1-2H3. The van der Waals surface area contributed by atoms with E-state index >= 15 is 0 Å². The van der Waals surface area contributed by atoms with Crippen LogP contribution in [0.15, 0.2) is 24.8 Å². The van der Waals surface area contributed by atoms with Gasteiger partial charge in [0.05, 0.1) is 24.3 Å². The molecule has 2 heterocycles. The second kappa shape index (κ2) is 4.94. The maximum Gasteiger partial charge on any atom is 0.0952 e. The van der Waals surface area contributed by atoms with Gasteiger partial charge in [-0.1, -0.05) is 6.92 Å². The third kappa shape index (κ3) is 2.30. The maximum atomic E-state index is 4.18. The molecule has 0 saturated carbocycles. The number of rotatable bonds is 5. The second-order valence-corrected chi connectivity index (χ2v) is 3.74. The Morgan fingerprint density at radius 2 is 2.25 bits per heavy atom. The van der Waals surface area contributed by atoms with Gasteiger partial charge in [-0.15, -0.1) is 0 Å². The Hall–Kier alpha value is -1.62. The highest BCUT2D eigenvalue weighted by atomic mass is 15.3. The Bertz CT molecular complexity index is 443. The van der Waals surface area contributed by atoms with Gasteiger partial charge in [0, 0.05) is 26.0 Å². The number of hydrogen-bond donors (Lipinski definition) is 1. The van der Waals surface area contributed by atoms with Gasteiger partial charge in [-0.2, -0.15) is 5.10 Å². The van der Waals surface area contributed by atoms with Crippen molar-refractivity contribution in [3.05, 3.63) is 36.2 Å². The Balaban J connectivity index is 2.09. The van der Waals surface area contributed by atoms with Gasteiger partial charge >= 0.3 is 0 Å². The molecule has 0 aliphatic heterocycles. The van der Waals surface area contributed by atoms with Crippen LogP contribution in [0.5, 0.6) is 0 Å². The summed E-state index contributed by atoms with van der Waals surface area (Å²) in [5.74, 6) is 0.